The Morgan fingerprint density at radius 3 is 2.65 bits per heavy atom. The van der Waals surface area contributed by atoms with Crippen LogP contribution in [0.3, 0.4) is 0 Å². The van der Waals surface area contributed by atoms with Gasteiger partial charge in [0, 0.05) is 19.1 Å². The Morgan fingerprint density at radius 1 is 1.30 bits per heavy atom. The molecule has 1 heterocycles. The molecule has 2 rings (SSSR count). The van der Waals surface area contributed by atoms with Gasteiger partial charge < -0.3 is 5.11 Å². The van der Waals surface area contributed by atoms with E-state index in [1.165, 1.54) is 12.0 Å². The Labute approximate surface area is 121 Å². The zero-order chi connectivity index (χ0) is 14.7. The number of aliphatic carboxylic acids is 1. The highest BCUT2D eigenvalue weighted by Crippen LogP contribution is 2.30. The predicted molar refractivity (Wildman–Crippen MR) is 80.8 cm³/mol. The molecule has 1 aliphatic rings. The minimum Gasteiger partial charge on any atom is -0.481 e. The van der Waals surface area contributed by atoms with E-state index in [0.717, 1.165) is 18.5 Å². The molecular weight excluding hydrogens is 250 g/mol. The fourth-order valence-electron chi connectivity index (χ4n) is 2.94. The van der Waals surface area contributed by atoms with Gasteiger partial charge in [-0.25, -0.2) is 0 Å². The Bertz CT molecular complexity index is 470. The minimum atomic E-state index is -0.710. The first kappa shape index (κ1) is 15.0. The van der Waals surface area contributed by atoms with Gasteiger partial charge >= 0.3 is 5.97 Å². The number of hydrogen-bond acceptors (Lipinski definition) is 2. The van der Waals surface area contributed by atoms with Gasteiger partial charge in [0.15, 0.2) is 0 Å². The Hall–Kier alpha value is -1.35. The third-order valence-corrected chi connectivity index (χ3v) is 4.30. The normalized spacial score (nSPS) is 20.7. The molecule has 0 saturated heterocycles. The minimum absolute atomic E-state index is 0.388. The molecule has 0 aromatic heterocycles. The number of carboxylic acids is 1. The second-order valence-electron chi connectivity index (χ2n) is 6.34. The molecule has 0 bridgehead atoms. The van der Waals surface area contributed by atoms with Crippen molar-refractivity contribution >= 4 is 5.97 Å². The van der Waals surface area contributed by atoms with Crippen LogP contribution in [-0.4, -0.2) is 28.6 Å². The van der Waals surface area contributed by atoms with E-state index in [4.69, 9.17) is 0 Å². The van der Waals surface area contributed by atoms with Crippen LogP contribution >= 0.6 is 0 Å². The van der Waals surface area contributed by atoms with Crippen molar-refractivity contribution in [1.82, 2.24) is 4.90 Å². The molecule has 110 valence electrons. The predicted octanol–water partition coefficient (Wildman–Crippen LogP) is 3.50. The molecule has 0 aliphatic carbocycles. The molecule has 3 nitrogen and oxygen atoms in total. The summed E-state index contributed by atoms with van der Waals surface area (Å²) in [5.41, 5.74) is 2.16. The lowest BCUT2D eigenvalue weighted by atomic mass is 9.88. The molecule has 1 aromatic rings. The lowest BCUT2D eigenvalue weighted by Gasteiger charge is -2.37. The van der Waals surface area contributed by atoms with Crippen LogP contribution < -0.4 is 0 Å². The lowest BCUT2D eigenvalue weighted by Crippen LogP contribution is -2.41. The van der Waals surface area contributed by atoms with Gasteiger partial charge in [0.1, 0.15) is 0 Å². The molecule has 0 saturated carbocycles. The average Bonchev–Trinajstić information content (AvgIpc) is 2.43. The van der Waals surface area contributed by atoms with Crippen LogP contribution in [0, 0.1) is 5.92 Å². The quantitative estimate of drug-likeness (QED) is 0.894. The molecule has 3 heteroatoms. The van der Waals surface area contributed by atoms with Gasteiger partial charge in [-0.05, 0) is 36.8 Å². The van der Waals surface area contributed by atoms with Crippen LogP contribution in [-0.2, 0) is 11.3 Å². The molecule has 0 fully saturated rings. The molecule has 2 atom stereocenters. The number of carbonyl (C=O) groups is 1. The van der Waals surface area contributed by atoms with Crippen molar-refractivity contribution in [3.8, 4) is 0 Å². The maximum atomic E-state index is 11.5. The van der Waals surface area contributed by atoms with Crippen molar-refractivity contribution in [3.63, 3.8) is 0 Å². The topological polar surface area (TPSA) is 40.5 Å². The van der Waals surface area contributed by atoms with E-state index >= 15 is 0 Å². The fraction of sp³-hybridized carbons (Fsp3) is 0.588. The second-order valence-corrected chi connectivity index (χ2v) is 6.34. The highest BCUT2D eigenvalue weighted by atomic mass is 16.4. The van der Waals surface area contributed by atoms with E-state index in [2.05, 4.69) is 31.7 Å². The molecule has 1 aromatic carbocycles. The van der Waals surface area contributed by atoms with Gasteiger partial charge in [0.25, 0.3) is 0 Å². The number of nitrogens with zero attached hydrogens (tertiary/aromatic N) is 1. The standard InChI is InChI=1S/C17H25NO2/c1-12(2)8-9-13(3)18-10-14-6-4-5-7-15(14)16(11-18)17(19)20/h4-7,12-13,16H,8-11H2,1-3H3,(H,19,20). The van der Waals surface area contributed by atoms with Gasteiger partial charge in [0.2, 0.25) is 0 Å². The Morgan fingerprint density at radius 2 is 2.00 bits per heavy atom. The average molecular weight is 275 g/mol. The maximum absolute atomic E-state index is 11.5. The monoisotopic (exact) mass is 275 g/mol. The van der Waals surface area contributed by atoms with Crippen molar-refractivity contribution in [2.45, 2.75) is 52.1 Å². The second kappa shape index (κ2) is 6.40. The van der Waals surface area contributed by atoms with E-state index in [9.17, 15) is 9.90 Å². The molecule has 1 N–H and O–H groups in total. The number of hydrogen-bond donors (Lipinski definition) is 1. The van der Waals surface area contributed by atoms with E-state index in [1.807, 2.05) is 18.2 Å². The summed E-state index contributed by atoms with van der Waals surface area (Å²) in [4.78, 5) is 13.8. The van der Waals surface area contributed by atoms with Crippen LogP contribution in [0.25, 0.3) is 0 Å². The maximum Gasteiger partial charge on any atom is 0.312 e. The van der Waals surface area contributed by atoms with Gasteiger partial charge in [-0.1, -0.05) is 38.1 Å². The first-order valence-corrected chi connectivity index (χ1v) is 7.53. The Balaban J connectivity index is 2.13. The number of benzene rings is 1. The summed E-state index contributed by atoms with van der Waals surface area (Å²) in [6, 6.07) is 8.40. The molecule has 20 heavy (non-hydrogen) atoms. The van der Waals surface area contributed by atoms with Crippen molar-refractivity contribution in [2.75, 3.05) is 6.54 Å². The van der Waals surface area contributed by atoms with Gasteiger partial charge in [-0.3, -0.25) is 9.69 Å². The molecule has 0 spiro atoms. The fourth-order valence-corrected chi connectivity index (χ4v) is 2.94. The van der Waals surface area contributed by atoms with Crippen LogP contribution in [0.5, 0.6) is 0 Å². The van der Waals surface area contributed by atoms with Gasteiger partial charge in [-0.2, -0.15) is 0 Å². The summed E-state index contributed by atoms with van der Waals surface area (Å²) in [6.45, 7) is 8.19. The number of fused-ring (bicyclic) bond motifs is 1. The van der Waals surface area contributed by atoms with Crippen molar-refractivity contribution in [3.05, 3.63) is 35.4 Å². The van der Waals surface area contributed by atoms with Crippen molar-refractivity contribution in [1.29, 1.82) is 0 Å². The molecule has 0 amide bonds. The first-order chi connectivity index (χ1) is 9.49. The zero-order valence-corrected chi connectivity index (χ0v) is 12.7. The summed E-state index contributed by atoms with van der Waals surface area (Å²) in [5.74, 6) is -0.399. The van der Waals surface area contributed by atoms with Crippen LogP contribution in [0.4, 0.5) is 0 Å². The third kappa shape index (κ3) is 3.40. The van der Waals surface area contributed by atoms with Crippen LogP contribution in [0.15, 0.2) is 24.3 Å². The largest absolute Gasteiger partial charge is 0.481 e. The van der Waals surface area contributed by atoms with E-state index in [1.54, 1.807) is 0 Å². The van der Waals surface area contributed by atoms with Crippen molar-refractivity contribution in [2.24, 2.45) is 5.92 Å². The van der Waals surface area contributed by atoms with E-state index < -0.39 is 5.97 Å². The molecular formula is C17H25NO2. The number of rotatable bonds is 5. The van der Waals surface area contributed by atoms with Crippen molar-refractivity contribution < 1.29 is 9.90 Å². The van der Waals surface area contributed by atoms with Gasteiger partial charge in [-0.15, -0.1) is 0 Å². The smallest absolute Gasteiger partial charge is 0.312 e. The summed E-state index contributed by atoms with van der Waals surface area (Å²) >= 11 is 0. The SMILES string of the molecule is CC(C)CCC(C)N1Cc2ccccc2C(C(=O)O)C1. The highest BCUT2D eigenvalue weighted by Gasteiger charge is 2.31. The van der Waals surface area contributed by atoms with Gasteiger partial charge in [0.05, 0.1) is 5.92 Å². The summed E-state index contributed by atoms with van der Waals surface area (Å²) < 4.78 is 0. The van der Waals surface area contributed by atoms with E-state index in [0.29, 0.717) is 18.5 Å². The Kier molecular flexibility index (Phi) is 4.81. The highest BCUT2D eigenvalue weighted by molar-refractivity contribution is 5.77. The molecule has 0 radical (unpaired) electrons. The summed E-state index contributed by atoms with van der Waals surface area (Å²) in [6.07, 6.45) is 2.32. The first-order valence-electron chi connectivity index (χ1n) is 7.53. The van der Waals surface area contributed by atoms with Crippen LogP contribution in [0.1, 0.15) is 50.7 Å². The summed E-state index contributed by atoms with van der Waals surface area (Å²) in [5, 5.41) is 9.48. The lowest BCUT2D eigenvalue weighted by molar-refractivity contribution is -0.139. The number of carboxylic acid groups (broad SMARTS) is 1. The van der Waals surface area contributed by atoms with Crippen LogP contribution in [0.2, 0.25) is 0 Å². The molecule has 1 aliphatic heterocycles. The summed E-state index contributed by atoms with van der Waals surface area (Å²) in [7, 11) is 0. The van der Waals surface area contributed by atoms with E-state index in [-0.39, 0.29) is 5.92 Å². The zero-order valence-electron chi connectivity index (χ0n) is 12.7. The molecule has 2 unspecified atom stereocenters. The third-order valence-electron chi connectivity index (χ3n) is 4.30.